The Morgan fingerprint density at radius 1 is 1.33 bits per heavy atom. The summed E-state index contributed by atoms with van der Waals surface area (Å²) in [6.07, 6.45) is 2.56. The number of aliphatic hydroxyl groups excluding tert-OH is 1. The molecule has 1 aromatic rings. The zero-order valence-electron chi connectivity index (χ0n) is 10.8. The molecular formula is C15H20O3. The molecule has 0 saturated carbocycles. The topological polar surface area (TPSA) is 46.5 Å². The van der Waals surface area contributed by atoms with Crippen LogP contribution < -0.4 is 0 Å². The molecule has 18 heavy (non-hydrogen) atoms. The van der Waals surface area contributed by atoms with Crippen molar-refractivity contribution in [2.45, 2.75) is 31.8 Å². The van der Waals surface area contributed by atoms with Gasteiger partial charge in [0.15, 0.2) is 0 Å². The maximum absolute atomic E-state index is 11.1. The third-order valence-corrected chi connectivity index (χ3v) is 2.89. The molecule has 0 aliphatic heterocycles. The molecule has 0 fully saturated rings. The predicted octanol–water partition coefficient (Wildman–Crippen LogP) is 2.49. The van der Waals surface area contributed by atoms with E-state index in [1.54, 1.807) is 0 Å². The number of benzene rings is 1. The first kappa shape index (κ1) is 14.5. The van der Waals surface area contributed by atoms with E-state index < -0.39 is 12.1 Å². The number of aliphatic hydroxyl groups is 1. The monoisotopic (exact) mass is 248 g/mol. The Balaban J connectivity index is 2.22. The Morgan fingerprint density at radius 2 is 2.00 bits per heavy atom. The molecule has 1 unspecified atom stereocenters. The summed E-state index contributed by atoms with van der Waals surface area (Å²) in [5.41, 5.74) is 1.43. The summed E-state index contributed by atoms with van der Waals surface area (Å²) < 4.78 is 4.51. The fourth-order valence-corrected chi connectivity index (χ4v) is 1.75. The van der Waals surface area contributed by atoms with Crippen LogP contribution in [0.2, 0.25) is 0 Å². The van der Waals surface area contributed by atoms with Crippen molar-refractivity contribution in [2.24, 2.45) is 0 Å². The number of hydrogen-bond acceptors (Lipinski definition) is 3. The van der Waals surface area contributed by atoms with Gasteiger partial charge >= 0.3 is 5.97 Å². The molecular weight excluding hydrogens is 228 g/mol. The van der Waals surface area contributed by atoms with Gasteiger partial charge in [0.25, 0.3) is 0 Å². The first-order chi connectivity index (χ1) is 8.65. The van der Waals surface area contributed by atoms with Crippen molar-refractivity contribution >= 4 is 5.97 Å². The summed E-state index contributed by atoms with van der Waals surface area (Å²) in [4.78, 5) is 11.1. The highest BCUT2D eigenvalue weighted by molar-refractivity contribution is 5.88. The van der Waals surface area contributed by atoms with Crippen LogP contribution in [0, 0.1) is 0 Å². The van der Waals surface area contributed by atoms with Gasteiger partial charge in [0.1, 0.15) is 0 Å². The lowest BCUT2D eigenvalue weighted by atomic mass is 10.0. The summed E-state index contributed by atoms with van der Waals surface area (Å²) >= 11 is 0. The molecule has 0 aliphatic carbocycles. The Labute approximate surface area is 108 Å². The van der Waals surface area contributed by atoms with Crippen LogP contribution in [-0.4, -0.2) is 24.3 Å². The van der Waals surface area contributed by atoms with Crippen LogP contribution in [0.25, 0.3) is 0 Å². The third kappa shape index (κ3) is 4.72. The molecule has 0 aromatic heterocycles. The van der Waals surface area contributed by atoms with E-state index in [0.717, 1.165) is 19.3 Å². The van der Waals surface area contributed by atoms with Gasteiger partial charge in [0.05, 0.1) is 18.8 Å². The summed E-state index contributed by atoms with van der Waals surface area (Å²) in [5, 5.41) is 9.72. The molecule has 3 nitrogen and oxygen atoms in total. The highest BCUT2D eigenvalue weighted by Crippen LogP contribution is 2.12. The summed E-state index contributed by atoms with van der Waals surface area (Å²) in [5.74, 6) is -0.537. The summed E-state index contributed by atoms with van der Waals surface area (Å²) in [7, 11) is 1.29. The number of rotatable bonds is 7. The highest BCUT2D eigenvalue weighted by atomic mass is 16.5. The van der Waals surface area contributed by atoms with Gasteiger partial charge in [-0.3, -0.25) is 0 Å². The van der Waals surface area contributed by atoms with E-state index in [2.05, 4.69) is 23.4 Å². The van der Waals surface area contributed by atoms with Crippen molar-refractivity contribution in [3.63, 3.8) is 0 Å². The van der Waals surface area contributed by atoms with Crippen LogP contribution in [-0.2, 0) is 16.0 Å². The normalized spacial score (nSPS) is 11.9. The minimum atomic E-state index is -0.798. The molecule has 0 amide bonds. The van der Waals surface area contributed by atoms with Crippen LogP contribution in [0.5, 0.6) is 0 Å². The maximum atomic E-state index is 11.1. The van der Waals surface area contributed by atoms with Crippen molar-refractivity contribution in [2.75, 3.05) is 7.11 Å². The van der Waals surface area contributed by atoms with Gasteiger partial charge in [-0.25, -0.2) is 4.79 Å². The summed E-state index contributed by atoms with van der Waals surface area (Å²) in [6, 6.07) is 10.2. The Kier molecular flexibility index (Phi) is 6.15. The second-order valence-corrected chi connectivity index (χ2v) is 4.26. The van der Waals surface area contributed by atoms with Crippen molar-refractivity contribution in [3.05, 3.63) is 48.0 Å². The van der Waals surface area contributed by atoms with E-state index in [0.29, 0.717) is 6.42 Å². The molecule has 1 N–H and O–H groups in total. The molecule has 0 aliphatic rings. The molecule has 0 radical (unpaired) electrons. The predicted molar refractivity (Wildman–Crippen MR) is 71.2 cm³/mol. The second-order valence-electron chi connectivity index (χ2n) is 4.26. The van der Waals surface area contributed by atoms with E-state index in [1.165, 1.54) is 12.7 Å². The van der Waals surface area contributed by atoms with Crippen LogP contribution >= 0.6 is 0 Å². The molecule has 0 saturated heterocycles. The maximum Gasteiger partial charge on any atom is 0.335 e. The molecule has 1 rings (SSSR count). The van der Waals surface area contributed by atoms with E-state index in [4.69, 9.17) is 0 Å². The first-order valence-electron chi connectivity index (χ1n) is 6.14. The van der Waals surface area contributed by atoms with Crippen LogP contribution in [0.4, 0.5) is 0 Å². The SMILES string of the molecule is C=C(C(=O)OC)C(O)CCCCc1ccccc1. The third-order valence-electron chi connectivity index (χ3n) is 2.89. The number of hydrogen-bond donors (Lipinski definition) is 1. The Hall–Kier alpha value is -1.61. The number of ether oxygens (including phenoxy) is 1. The average molecular weight is 248 g/mol. The van der Waals surface area contributed by atoms with Gasteiger partial charge in [-0.05, 0) is 24.8 Å². The molecule has 98 valence electrons. The Morgan fingerprint density at radius 3 is 2.61 bits per heavy atom. The minimum Gasteiger partial charge on any atom is -0.466 e. The van der Waals surface area contributed by atoms with E-state index in [-0.39, 0.29) is 5.57 Å². The largest absolute Gasteiger partial charge is 0.466 e. The quantitative estimate of drug-likeness (QED) is 0.458. The van der Waals surface area contributed by atoms with Crippen molar-refractivity contribution in [1.29, 1.82) is 0 Å². The number of unbranched alkanes of at least 4 members (excludes halogenated alkanes) is 1. The zero-order valence-corrected chi connectivity index (χ0v) is 10.8. The minimum absolute atomic E-state index is 0.136. The second kappa shape index (κ2) is 7.67. The van der Waals surface area contributed by atoms with E-state index >= 15 is 0 Å². The van der Waals surface area contributed by atoms with E-state index in [9.17, 15) is 9.90 Å². The molecule has 0 spiro atoms. The average Bonchev–Trinajstić information content (AvgIpc) is 2.42. The van der Waals surface area contributed by atoms with Gasteiger partial charge < -0.3 is 9.84 Å². The molecule has 0 bridgehead atoms. The lowest BCUT2D eigenvalue weighted by molar-refractivity contribution is -0.137. The van der Waals surface area contributed by atoms with Gasteiger partial charge in [-0.1, -0.05) is 43.3 Å². The number of esters is 1. The lowest BCUT2D eigenvalue weighted by Crippen LogP contribution is -2.18. The fourth-order valence-electron chi connectivity index (χ4n) is 1.75. The van der Waals surface area contributed by atoms with Crippen LogP contribution in [0.15, 0.2) is 42.5 Å². The molecule has 1 aromatic carbocycles. The smallest absolute Gasteiger partial charge is 0.335 e. The van der Waals surface area contributed by atoms with Gasteiger partial charge in [0.2, 0.25) is 0 Å². The van der Waals surface area contributed by atoms with Crippen LogP contribution in [0.1, 0.15) is 24.8 Å². The van der Waals surface area contributed by atoms with Crippen molar-refractivity contribution in [1.82, 2.24) is 0 Å². The number of carbonyl (C=O) groups excluding carboxylic acids is 1. The highest BCUT2D eigenvalue weighted by Gasteiger charge is 2.16. The number of aryl methyl sites for hydroxylation is 1. The van der Waals surface area contributed by atoms with Gasteiger partial charge in [-0.15, -0.1) is 0 Å². The first-order valence-corrected chi connectivity index (χ1v) is 6.14. The Bertz CT molecular complexity index is 384. The molecule has 0 heterocycles. The lowest BCUT2D eigenvalue weighted by Gasteiger charge is -2.11. The van der Waals surface area contributed by atoms with E-state index in [1.807, 2.05) is 18.2 Å². The van der Waals surface area contributed by atoms with Gasteiger partial charge in [-0.2, -0.15) is 0 Å². The standard InChI is InChI=1S/C15H20O3/c1-12(15(17)18-2)14(16)11-7-6-10-13-8-4-3-5-9-13/h3-5,8-9,14,16H,1,6-7,10-11H2,2H3. The van der Waals surface area contributed by atoms with Crippen molar-refractivity contribution < 1.29 is 14.6 Å². The summed E-state index contributed by atoms with van der Waals surface area (Å²) in [6.45, 7) is 3.54. The molecule has 3 heteroatoms. The van der Waals surface area contributed by atoms with Gasteiger partial charge in [0, 0.05) is 0 Å². The number of methoxy groups -OCH3 is 1. The van der Waals surface area contributed by atoms with Crippen LogP contribution in [0.3, 0.4) is 0 Å². The van der Waals surface area contributed by atoms with Crippen molar-refractivity contribution in [3.8, 4) is 0 Å². The number of carbonyl (C=O) groups is 1. The fraction of sp³-hybridized carbons (Fsp3) is 0.400. The zero-order chi connectivity index (χ0) is 13.4. The molecule has 1 atom stereocenters.